The van der Waals surface area contributed by atoms with Crippen LogP contribution in [0.3, 0.4) is 0 Å². The minimum Gasteiger partial charge on any atom is -0.469 e. The standard InChI is InChI=1S/C16H19NO5/c1-11(18)22-14-7-3-5-12(9-14)15(19)17-8-4-6-13(10-17)16(20)21-2/h3,5,7,9,13H,4,6,8,10H2,1-2H3. The normalized spacial score (nSPS) is 17.7. The molecule has 118 valence electrons. The second-order valence-corrected chi connectivity index (χ2v) is 5.23. The highest BCUT2D eigenvalue weighted by molar-refractivity contribution is 5.95. The number of piperidine rings is 1. The number of carbonyl (C=O) groups excluding carboxylic acids is 3. The van der Waals surface area contributed by atoms with Gasteiger partial charge in [-0.15, -0.1) is 0 Å². The van der Waals surface area contributed by atoms with Crippen molar-refractivity contribution in [1.29, 1.82) is 0 Å². The van der Waals surface area contributed by atoms with Crippen LogP contribution >= 0.6 is 0 Å². The fourth-order valence-corrected chi connectivity index (χ4v) is 2.56. The average Bonchev–Trinajstić information content (AvgIpc) is 2.53. The van der Waals surface area contributed by atoms with E-state index in [0.717, 1.165) is 12.8 Å². The van der Waals surface area contributed by atoms with E-state index in [4.69, 9.17) is 9.47 Å². The third-order valence-corrected chi connectivity index (χ3v) is 3.59. The molecule has 6 nitrogen and oxygen atoms in total. The number of nitrogens with zero attached hydrogens (tertiary/aromatic N) is 1. The van der Waals surface area contributed by atoms with Gasteiger partial charge in [-0.1, -0.05) is 6.07 Å². The third-order valence-electron chi connectivity index (χ3n) is 3.59. The van der Waals surface area contributed by atoms with Gasteiger partial charge in [0.05, 0.1) is 13.0 Å². The summed E-state index contributed by atoms with van der Waals surface area (Å²) in [5.41, 5.74) is 0.435. The summed E-state index contributed by atoms with van der Waals surface area (Å²) in [4.78, 5) is 36.8. The first-order valence-corrected chi connectivity index (χ1v) is 7.17. The summed E-state index contributed by atoms with van der Waals surface area (Å²) in [6.07, 6.45) is 1.49. The molecule has 1 aromatic carbocycles. The number of hydrogen-bond donors (Lipinski definition) is 0. The Kier molecular flexibility index (Phi) is 5.14. The predicted octanol–water partition coefficient (Wildman–Crippen LogP) is 1.64. The van der Waals surface area contributed by atoms with E-state index >= 15 is 0 Å². The van der Waals surface area contributed by atoms with Crippen molar-refractivity contribution in [1.82, 2.24) is 4.90 Å². The second-order valence-electron chi connectivity index (χ2n) is 5.23. The lowest BCUT2D eigenvalue weighted by Gasteiger charge is -2.31. The highest BCUT2D eigenvalue weighted by Crippen LogP contribution is 2.21. The number of amides is 1. The molecule has 6 heteroatoms. The SMILES string of the molecule is COC(=O)C1CCCN(C(=O)c2cccc(OC(C)=O)c2)C1. The van der Waals surface area contributed by atoms with E-state index < -0.39 is 5.97 Å². The maximum Gasteiger partial charge on any atom is 0.310 e. The van der Waals surface area contributed by atoms with Gasteiger partial charge >= 0.3 is 11.9 Å². The van der Waals surface area contributed by atoms with E-state index in [-0.39, 0.29) is 17.8 Å². The van der Waals surface area contributed by atoms with Crippen LogP contribution in [0.4, 0.5) is 0 Å². The van der Waals surface area contributed by atoms with Crippen molar-refractivity contribution in [3.8, 4) is 5.75 Å². The zero-order valence-electron chi connectivity index (χ0n) is 12.7. The highest BCUT2D eigenvalue weighted by Gasteiger charge is 2.29. The number of likely N-dealkylation sites (tertiary alicyclic amines) is 1. The van der Waals surface area contributed by atoms with E-state index in [2.05, 4.69) is 0 Å². The van der Waals surface area contributed by atoms with Gasteiger partial charge in [-0.05, 0) is 31.0 Å². The van der Waals surface area contributed by atoms with Gasteiger partial charge in [-0.25, -0.2) is 0 Å². The Morgan fingerprint density at radius 3 is 2.73 bits per heavy atom. The van der Waals surface area contributed by atoms with Gasteiger partial charge in [0.1, 0.15) is 5.75 Å². The quantitative estimate of drug-likeness (QED) is 0.627. The molecule has 1 aromatic rings. The Morgan fingerprint density at radius 1 is 1.27 bits per heavy atom. The summed E-state index contributed by atoms with van der Waals surface area (Å²) in [5.74, 6) is -0.846. The summed E-state index contributed by atoms with van der Waals surface area (Å²) >= 11 is 0. The van der Waals surface area contributed by atoms with Crippen LogP contribution in [-0.4, -0.2) is 42.9 Å². The van der Waals surface area contributed by atoms with Crippen LogP contribution in [0.5, 0.6) is 5.75 Å². The smallest absolute Gasteiger partial charge is 0.310 e. The summed E-state index contributed by atoms with van der Waals surface area (Å²) in [6.45, 7) is 2.26. The van der Waals surface area contributed by atoms with Crippen molar-refractivity contribution >= 4 is 17.8 Å². The first-order chi connectivity index (χ1) is 10.5. The van der Waals surface area contributed by atoms with Crippen LogP contribution in [0.15, 0.2) is 24.3 Å². The molecule has 2 rings (SSSR count). The Labute approximate surface area is 129 Å². The van der Waals surface area contributed by atoms with Crippen molar-refractivity contribution in [2.24, 2.45) is 5.92 Å². The lowest BCUT2D eigenvalue weighted by atomic mass is 9.97. The molecule has 0 saturated carbocycles. The zero-order chi connectivity index (χ0) is 16.1. The van der Waals surface area contributed by atoms with Crippen LogP contribution < -0.4 is 4.74 Å². The van der Waals surface area contributed by atoms with E-state index in [1.165, 1.54) is 20.1 Å². The molecule has 1 aliphatic rings. The van der Waals surface area contributed by atoms with E-state index in [9.17, 15) is 14.4 Å². The molecule has 1 amide bonds. The molecule has 1 fully saturated rings. The van der Waals surface area contributed by atoms with Crippen molar-refractivity contribution < 1.29 is 23.9 Å². The largest absolute Gasteiger partial charge is 0.469 e. The van der Waals surface area contributed by atoms with Gasteiger partial charge in [0, 0.05) is 25.6 Å². The van der Waals surface area contributed by atoms with Crippen LogP contribution in [0.2, 0.25) is 0 Å². The van der Waals surface area contributed by atoms with Gasteiger partial charge in [0.2, 0.25) is 0 Å². The summed E-state index contributed by atoms with van der Waals surface area (Å²) < 4.78 is 9.74. The van der Waals surface area contributed by atoms with Crippen molar-refractivity contribution in [2.45, 2.75) is 19.8 Å². The number of benzene rings is 1. The molecular weight excluding hydrogens is 286 g/mol. The van der Waals surface area contributed by atoms with Crippen LogP contribution in [0.1, 0.15) is 30.1 Å². The molecule has 0 N–H and O–H groups in total. The maximum absolute atomic E-state index is 12.5. The van der Waals surface area contributed by atoms with Crippen LogP contribution in [0, 0.1) is 5.92 Å². The monoisotopic (exact) mass is 305 g/mol. The van der Waals surface area contributed by atoms with Gasteiger partial charge in [0.25, 0.3) is 5.91 Å². The minimum atomic E-state index is -0.437. The third kappa shape index (κ3) is 3.84. The molecule has 0 spiro atoms. The molecule has 22 heavy (non-hydrogen) atoms. The van der Waals surface area contributed by atoms with Crippen LogP contribution in [0.25, 0.3) is 0 Å². The Morgan fingerprint density at radius 2 is 2.05 bits per heavy atom. The van der Waals surface area contributed by atoms with Crippen molar-refractivity contribution in [3.05, 3.63) is 29.8 Å². The van der Waals surface area contributed by atoms with E-state index in [0.29, 0.717) is 24.4 Å². The first-order valence-electron chi connectivity index (χ1n) is 7.17. The van der Waals surface area contributed by atoms with Gasteiger partial charge in [0.15, 0.2) is 0 Å². The summed E-state index contributed by atoms with van der Waals surface area (Å²) in [6, 6.07) is 6.47. The number of rotatable bonds is 3. The molecule has 1 unspecified atom stereocenters. The Bertz CT molecular complexity index is 584. The number of ether oxygens (including phenoxy) is 2. The molecule has 0 bridgehead atoms. The molecule has 0 aromatic heterocycles. The van der Waals surface area contributed by atoms with Gasteiger partial charge in [-0.2, -0.15) is 0 Å². The van der Waals surface area contributed by atoms with Crippen molar-refractivity contribution in [2.75, 3.05) is 20.2 Å². The first kappa shape index (κ1) is 16.0. The Balaban J connectivity index is 2.10. The number of carbonyl (C=O) groups is 3. The number of hydrogen-bond acceptors (Lipinski definition) is 5. The van der Waals surface area contributed by atoms with E-state index in [1.807, 2.05) is 0 Å². The molecule has 0 aliphatic carbocycles. The van der Waals surface area contributed by atoms with E-state index in [1.54, 1.807) is 23.1 Å². The topological polar surface area (TPSA) is 72.9 Å². The lowest BCUT2D eigenvalue weighted by molar-refractivity contribution is -0.146. The molecule has 1 saturated heterocycles. The number of methoxy groups -OCH3 is 1. The molecular formula is C16H19NO5. The fourth-order valence-electron chi connectivity index (χ4n) is 2.56. The lowest BCUT2D eigenvalue weighted by Crippen LogP contribution is -2.42. The van der Waals surface area contributed by atoms with Crippen molar-refractivity contribution in [3.63, 3.8) is 0 Å². The fraction of sp³-hybridized carbons (Fsp3) is 0.438. The molecule has 1 aliphatic heterocycles. The highest BCUT2D eigenvalue weighted by atomic mass is 16.5. The number of esters is 2. The second kappa shape index (κ2) is 7.06. The predicted molar refractivity (Wildman–Crippen MR) is 78.4 cm³/mol. The zero-order valence-corrected chi connectivity index (χ0v) is 12.7. The summed E-state index contributed by atoms with van der Waals surface area (Å²) in [5, 5.41) is 0. The minimum absolute atomic E-state index is 0.178. The van der Waals surface area contributed by atoms with Crippen LogP contribution in [-0.2, 0) is 14.3 Å². The molecule has 1 heterocycles. The van der Waals surface area contributed by atoms with Gasteiger partial charge in [-0.3, -0.25) is 14.4 Å². The molecule has 1 atom stereocenters. The Hall–Kier alpha value is -2.37. The van der Waals surface area contributed by atoms with Gasteiger partial charge < -0.3 is 14.4 Å². The molecule has 0 radical (unpaired) electrons. The summed E-state index contributed by atoms with van der Waals surface area (Å²) in [7, 11) is 1.35. The average molecular weight is 305 g/mol. The maximum atomic E-state index is 12.5.